The smallest absolute Gasteiger partial charge is 0.223 e. The molecule has 0 bridgehead atoms. The Bertz CT molecular complexity index is 465. The summed E-state index contributed by atoms with van der Waals surface area (Å²) in [5, 5.41) is 10.1. The highest BCUT2D eigenvalue weighted by Crippen LogP contribution is 2.20. The third-order valence-electron chi connectivity index (χ3n) is 3.86. The SMILES string of the molecule is CC(C)(C)[C@@H](O)CN1CCN(C(=O)CCNS(C)(=O)=O)CC1. The van der Waals surface area contributed by atoms with Crippen molar-refractivity contribution in [2.24, 2.45) is 5.41 Å². The van der Waals surface area contributed by atoms with E-state index in [-0.39, 0.29) is 24.3 Å². The lowest BCUT2D eigenvalue weighted by Gasteiger charge is -2.38. The molecule has 0 saturated carbocycles. The van der Waals surface area contributed by atoms with E-state index in [9.17, 15) is 18.3 Å². The maximum atomic E-state index is 12.0. The molecular weight excluding hydrogens is 306 g/mol. The molecular formula is C14H29N3O4S. The maximum Gasteiger partial charge on any atom is 0.223 e. The Hall–Kier alpha value is -0.700. The first kappa shape index (κ1) is 19.3. The molecule has 0 radical (unpaired) electrons. The van der Waals surface area contributed by atoms with Gasteiger partial charge in [-0.25, -0.2) is 13.1 Å². The van der Waals surface area contributed by atoms with Crippen LogP contribution in [-0.2, 0) is 14.8 Å². The van der Waals surface area contributed by atoms with Crippen LogP contribution < -0.4 is 4.72 Å². The molecule has 1 aliphatic heterocycles. The number of carbonyl (C=O) groups excluding carboxylic acids is 1. The summed E-state index contributed by atoms with van der Waals surface area (Å²) in [6.07, 6.45) is 0.864. The van der Waals surface area contributed by atoms with Crippen LogP contribution in [0.15, 0.2) is 0 Å². The van der Waals surface area contributed by atoms with Crippen molar-refractivity contribution in [3.8, 4) is 0 Å². The van der Waals surface area contributed by atoms with E-state index in [1.165, 1.54) is 0 Å². The number of aliphatic hydroxyl groups is 1. The Morgan fingerprint density at radius 2 is 1.77 bits per heavy atom. The minimum absolute atomic E-state index is 0.0350. The van der Waals surface area contributed by atoms with Gasteiger partial charge in [-0.2, -0.15) is 0 Å². The van der Waals surface area contributed by atoms with Gasteiger partial charge in [0.15, 0.2) is 0 Å². The van der Waals surface area contributed by atoms with Gasteiger partial charge in [-0.1, -0.05) is 20.8 Å². The summed E-state index contributed by atoms with van der Waals surface area (Å²) >= 11 is 0. The van der Waals surface area contributed by atoms with E-state index in [1.54, 1.807) is 4.90 Å². The van der Waals surface area contributed by atoms with Crippen molar-refractivity contribution in [2.45, 2.75) is 33.3 Å². The van der Waals surface area contributed by atoms with Gasteiger partial charge in [0.2, 0.25) is 15.9 Å². The Kier molecular flexibility index (Phi) is 6.79. The van der Waals surface area contributed by atoms with Gasteiger partial charge in [0.1, 0.15) is 0 Å². The third-order valence-corrected chi connectivity index (χ3v) is 4.59. The Morgan fingerprint density at radius 1 is 1.23 bits per heavy atom. The number of piperazine rings is 1. The molecule has 130 valence electrons. The predicted molar refractivity (Wildman–Crippen MR) is 85.9 cm³/mol. The van der Waals surface area contributed by atoms with Gasteiger partial charge in [-0.05, 0) is 5.41 Å². The van der Waals surface area contributed by atoms with E-state index >= 15 is 0 Å². The van der Waals surface area contributed by atoms with E-state index in [0.29, 0.717) is 19.6 Å². The summed E-state index contributed by atoms with van der Waals surface area (Å²) in [5.74, 6) is -0.0350. The number of hydrogen-bond acceptors (Lipinski definition) is 5. The lowest BCUT2D eigenvalue weighted by molar-refractivity contribution is -0.133. The highest BCUT2D eigenvalue weighted by molar-refractivity contribution is 7.88. The molecule has 0 aromatic rings. The summed E-state index contributed by atoms with van der Waals surface area (Å²) in [4.78, 5) is 15.9. The van der Waals surface area contributed by atoms with E-state index in [0.717, 1.165) is 19.3 Å². The van der Waals surface area contributed by atoms with Crippen LogP contribution in [0.25, 0.3) is 0 Å². The maximum absolute atomic E-state index is 12.0. The lowest BCUT2D eigenvalue weighted by atomic mass is 9.89. The lowest BCUT2D eigenvalue weighted by Crippen LogP contribution is -2.52. The zero-order valence-corrected chi connectivity index (χ0v) is 14.8. The molecule has 7 nitrogen and oxygen atoms in total. The van der Waals surface area contributed by atoms with Gasteiger partial charge in [-0.3, -0.25) is 9.69 Å². The summed E-state index contributed by atoms with van der Waals surface area (Å²) < 4.78 is 24.2. The number of amides is 1. The predicted octanol–water partition coefficient (Wildman–Crippen LogP) is -0.523. The number of sulfonamides is 1. The molecule has 0 aliphatic carbocycles. The van der Waals surface area contributed by atoms with Crippen molar-refractivity contribution in [1.82, 2.24) is 14.5 Å². The Balaban J connectivity index is 2.31. The van der Waals surface area contributed by atoms with Crippen molar-refractivity contribution < 1.29 is 18.3 Å². The summed E-state index contributed by atoms with van der Waals surface area (Å²) in [6, 6.07) is 0. The van der Waals surface area contributed by atoms with E-state index < -0.39 is 16.1 Å². The van der Waals surface area contributed by atoms with Crippen molar-refractivity contribution in [2.75, 3.05) is 45.5 Å². The minimum atomic E-state index is -3.24. The van der Waals surface area contributed by atoms with Crippen molar-refractivity contribution >= 4 is 15.9 Å². The zero-order valence-electron chi connectivity index (χ0n) is 14.0. The number of nitrogens with zero attached hydrogens (tertiary/aromatic N) is 2. The summed E-state index contributed by atoms with van der Waals surface area (Å²) in [6.45, 7) is 9.48. The summed E-state index contributed by atoms with van der Waals surface area (Å²) in [7, 11) is -3.24. The van der Waals surface area contributed by atoms with Gasteiger partial charge in [0.25, 0.3) is 0 Å². The number of aliphatic hydroxyl groups excluding tert-OH is 1. The average molecular weight is 335 g/mol. The number of β-amino-alcohol motifs (C(OH)–C–C–N with tert-alkyl or cyclic N) is 1. The molecule has 0 aromatic heterocycles. The van der Waals surface area contributed by atoms with E-state index in [1.807, 2.05) is 20.8 Å². The fraction of sp³-hybridized carbons (Fsp3) is 0.929. The summed E-state index contributed by atoms with van der Waals surface area (Å²) in [5.41, 5.74) is -0.149. The standard InChI is InChI=1S/C14H29N3O4S/c1-14(2,3)12(18)11-16-7-9-17(10-8-16)13(19)5-6-15-22(4,20)21/h12,15,18H,5-11H2,1-4H3/t12-/m0/s1. The van der Waals surface area contributed by atoms with Crippen LogP contribution in [0.4, 0.5) is 0 Å². The van der Waals surface area contributed by atoms with E-state index in [4.69, 9.17) is 0 Å². The van der Waals surface area contributed by atoms with Gasteiger partial charge in [0, 0.05) is 45.7 Å². The normalized spacial score (nSPS) is 19.2. The minimum Gasteiger partial charge on any atom is -0.391 e. The highest BCUT2D eigenvalue weighted by atomic mass is 32.2. The van der Waals surface area contributed by atoms with Crippen LogP contribution in [0.5, 0.6) is 0 Å². The van der Waals surface area contributed by atoms with Crippen LogP contribution in [0.1, 0.15) is 27.2 Å². The molecule has 1 aliphatic rings. The van der Waals surface area contributed by atoms with Gasteiger partial charge in [0.05, 0.1) is 12.4 Å². The molecule has 22 heavy (non-hydrogen) atoms. The van der Waals surface area contributed by atoms with Crippen LogP contribution in [0, 0.1) is 5.41 Å². The molecule has 0 aromatic carbocycles. The highest BCUT2D eigenvalue weighted by Gasteiger charge is 2.27. The topological polar surface area (TPSA) is 89.9 Å². The first-order chi connectivity index (χ1) is 9.99. The van der Waals surface area contributed by atoms with Gasteiger partial charge < -0.3 is 10.0 Å². The van der Waals surface area contributed by atoms with Crippen molar-refractivity contribution in [3.63, 3.8) is 0 Å². The van der Waals surface area contributed by atoms with Crippen molar-refractivity contribution in [3.05, 3.63) is 0 Å². The second-order valence-electron chi connectivity index (χ2n) is 6.98. The fourth-order valence-corrected chi connectivity index (χ4v) is 2.67. The van der Waals surface area contributed by atoms with Crippen LogP contribution >= 0.6 is 0 Å². The first-order valence-corrected chi connectivity index (χ1v) is 9.51. The van der Waals surface area contributed by atoms with E-state index in [2.05, 4.69) is 9.62 Å². The van der Waals surface area contributed by atoms with Crippen LogP contribution in [0.3, 0.4) is 0 Å². The van der Waals surface area contributed by atoms with Crippen LogP contribution in [-0.4, -0.2) is 80.9 Å². The largest absolute Gasteiger partial charge is 0.391 e. The van der Waals surface area contributed by atoms with Crippen molar-refractivity contribution in [1.29, 1.82) is 0 Å². The molecule has 8 heteroatoms. The molecule has 1 saturated heterocycles. The Labute approximate surface area is 133 Å². The number of nitrogens with one attached hydrogen (secondary N) is 1. The Morgan fingerprint density at radius 3 is 2.23 bits per heavy atom. The number of carbonyl (C=O) groups is 1. The van der Waals surface area contributed by atoms with Crippen LogP contribution in [0.2, 0.25) is 0 Å². The monoisotopic (exact) mass is 335 g/mol. The quantitative estimate of drug-likeness (QED) is 0.681. The molecule has 1 amide bonds. The molecule has 1 fully saturated rings. The second-order valence-corrected chi connectivity index (χ2v) is 8.81. The van der Waals surface area contributed by atoms with Gasteiger partial charge in [-0.15, -0.1) is 0 Å². The second kappa shape index (κ2) is 7.72. The molecule has 0 spiro atoms. The molecule has 1 heterocycles. The fourth-order valence-electron chi connectivity index (χ4n) is 2.20. The molecule has 1 rings (SSSR count). The number of rotatable bonds is 6. The number of hydrogen-bond donors (Lipinski definition) is 2. The molecule has 2 N–H and O–H groups in total. The molecule has 1 atom stereocenters. The molecule has 0 unspecified atom stereocenters. The first-order valence-electron chi connectivity index (χ1n) is 7.62. The average Bonchev–Trinajstić information content (AvgIpc) is 2.36. The zero-order chi connectivity index (χ0) is 17.0. The third kappa shape index (κ3) is 7.04. The van der Waals surface area contributed by atoms with Gasteiger partial charge >= 0.3 is 0 Å².